The Bertz CT molecular complexity index is 180. The van der Waals surface area contributed by atoms with E-state index in [9.17, 15) is 5.11 Å². The molecule has 0 amide bonds. The van der Waals surface area contributed by atoms with Crippen molar-refractivity contribution in [1.82, 2.24) is 10.2 Å². The van der Waals surface area contributed by atoms with E-state index in [2.05, 4.69) is 24.2 Å². The first-order chi connectivity index (χ1) is 8.56. The van der Waals surface area contributed by atoms with Gasteiger partial charge >= 0.3 is 0 Å². The predicted molar refractivity (Wildman–Crippen MR) is 74.0 cm³/mol. The summed E-state index contributed by atoms with van der Waals surface area (Å²) in [4.78, 5) is 2.22. The fraction of sp³-hybridized carbons (Fsp3) is 1.00. The summed E-state index contributed by atoms with van der Waals surface area (Å²) < 4.78 is 10.7. The van der Waals surface area contributed by atoms with E-state index in [4.69, 9.17) is 9.47 Å². The van der Waals surface area contributed by atoms with Crippen molar-refractivity contribution in [2.75, 3.05) is 53.0 Å². The van der Waals surface area contributed by atoms with Crippen molar-refractivity contribution in [3.63, 3.8) is 0 Å². The molecule has 0 fully saturated rings. The van der Waals surface area contributed by atoms with E-state index in [1.54, 1.807) is 0 Å². The van der Waals surface area contributed by atoms with Crippen LogP contribution in [0.4, 0.5) is 0 Å². The molecular weight excluding hydrogens is 232 g/mol. The Balaban J connectivity index is 3.24. The van der Waals surface area contributed by atoms with Crippen molar-refractivity contribution in [3.05, 3.63) is 0 Å². The fourth-order valence-corrected chi connectivity index (χ4v) is 1.32. The molecule has 0 aliphatic carbocycles. The highest BCUT2D eigenvalue weighted by atomic mass is 16.5. The summed E-state index contributed by atoms with van der Waals surface area (Å²) in [6.45, 7) is 11.1. The Labute approximate surface area is 111 Å². The van der Waals surface area contributed by atoms with Crippen molar-refractivity contribution >= 4 is 0 Å². The fourth-order valence-electron chi connectivity index (χ4n) is 1.32. The van der Waals surface area contributed by atoms with Gasteiger partial charge in [0, 0.05) is 19.6 Å². The van der Waals surface area contributed by atoms with Crippen LogP contribution in [-0.4, -0.2) is 75.3 Å². The molecule has 1 atom stereocenters. The van der Waals surface area contributed by atoms with Crippen LogP contribution in [0.15, 0.2) is 0 Å². The standard InChI is InChI=1S/C13H30N2O3/c1-5-15(4)7-6-14-10-13(16)11-17-8-9-18-12(2)3/h12-14,16H,5-11H2,1-4H3. The molecule has 0 aliphatic heterocycles. The lowest BCUT2D eigenvalue weighted by molar-refractivity contribution is -0.00997. The van der Waals surface area contributed by atoms with Gasteiger partial charge in [0.25, 0.3) is 0 Å². The third kappa shape index (κ3) is 12.3. The molecule has 0 aliphatic rings. The van der Waals surface area contributed by atoms with Gasteiger partial charge in [0.05, 0.1) is 32.0 Å². The number of nitrogens with zero attached hydrogens (tertiary/aromatic N) is 1. The highest BCUT2D eigenvalue weighted by molar-refractivity contribution is 4.60. The van der Waals surface area contributed by atoms with E-state index in [-0.39, 0.29) is 6.10 Å². The predicted octanol–water partition coefficient (Wildman–Crippen LogP) is 0.330. The van der Waals surface area contributed by atoms with E-state index in [1.807, 2.05) is 13.8 Å². The van der Waals surface area contributed by atoms with Crippen LogP contribution in [0.2, 0.25) is 0 Å². The van der Waals surface area contributed by atoms with Crippen LogP contribution in [-0.2, 0) is 9.47 Å². The second-order valence-corrected chi connectivity index (χ2v) is 4.75. The Morgan fingerprint density at radius 2 is 2.00 bits per heavy atom. The molecule has 0 spiro atoms. The summed E-state index contributed by atoms with van der Waals surface area (Å²) in [5, 5.41) is 12.8. The Kier molecular flexibility index (Phi) is 11.7. The summed E-state index contributed by atoms with van der Waals surface area (Å²) >= 11 is 0. The zero-order valence-corrected chi connectivity index (χ0v) is 12.3. The molecule has 0 heterocycles. The molecule has 0 saturated heterocycles. The summed E-state index contributed by atoms with van der Waals surface area (Å²) in [5.74, 6) is 0. The molecule has 5 heteroatoms. The minimum Gasteiger partial charge on any atom is -0.389 e. The van der Waals surface area contributed by atoms with Gasteiger partial charge in [-0.3, -0.25) is 0 Å². The highest BCUT2D eigenvalue weighted by Gasteiger charge is 2.04. The lowest BCUT2D eigenvalue weighted by Crippen LogP contribution is -2.35. The van der Waals surface area contributed by atoms with E-state index >= 15 is 0 Å². The molecule has 0 bridgehead atoms. The third-order valence-electron chi connectivity index (χ3n) is 2.58. The maximum atomic E-state index is 9.64. The average Bonchev–Trinajstić information content (AvgIpc) is 2.33. The monoisotopic (exact) mass is 262 g/mol. The molecule has 0 aromatic heterocycles. The highest BCUT2D eigenvalue weighted by Crippen LogP contribution is 1.89. The maximum absolute atomic E-state index is 9.64. The second-order valence-electron chi connectivity index (χ2n) is 4.75. The van der Waals surface area contributed by atoms with Crippen LogP contribution in [0.1, 0.15) is 20.8 Å². The number of likely N-dealkylation sites (N-methyl/N-ethyl adjacent to an activating group) is 1. The number of aliphatic hydroxyl groups excluding tert-OH is 1. The number of rotatable bonds is 12. The van der Waals surface area contributed by atoms with Crippen molar-refractivity contribution in [2.45, 2.75) is 33.0 Å². The molecule has 5 nitrogen and oxygen atoms in total. The van der Waals surface area contributed by atoms with Crippen LogP contribution in [0.5, 0.6) is 0 Å². The number of hydrogen-bond acceptors (Lipinski definition) is 5. The molecule has 18 heavy (non-hydrogen) atoms. The van der Waals surface area contributed by atoms with Gasteiger partial charge in [0.2, 0.25) is 0 Å². The largest absolute Gasteiger partial charge is 0.389 e. The first-order valence-corrected chi connectivity index (χ1v) is 6.83. The molecule has 110 valence electrons. The Hall–Kier alpha value is -0.200. The molecular formula is C13H30N2O3. The molecule has 2 N–H and O–H groups in total. The van der Waals surface area contributed by atoms with Crippen LogP contribution in [0, 0.1) is 0 Å². The molecule has 1 unspecified atom stereocenters. The number of aliphatic hydroxyl groups is 1. The summed E-state index contributed by atoms with van der Waals surface area (Å²) in [7, 11) is 2.08. The lowest BCUT2D eigenvalue weighted by atomic mass is 10.3. The summed E-state index contributed by atoms with van der Waals surface area (Å²) in [5.41, 5.74) is 0. The smallest absolute Gasteiger partial charge is 0.0897 e. The Morgan fingerprint density at radius 1 is 1.28 bits per heavy atom. The van der Waals surface area contributed by atoms with Crippen molar-refractivity contribution in [1.29, 1.82) is 0 Å². The van der Waals surface area contributed by atoms with Gasteiger partial charge in [0.15, 0.2) is 0 Å². The minimum atomic E-state index is -0.448. The van der Waals surface area contributed by atoms with Crippen LogP contribution in [0.3, 0.4) is 0 Å². The van der Waals surface area contributed by atoms with Gasteiger partial charge in [-0.25, -0.2) is 0 Å². The van der Waals surface area contributed by atoms with Gasteiger partial charge < -0.3 is 24.8 Å². The molecule has 0 saturated carbocycles. The molecule has 0 rings (SSSR count). The molecule has 0 aromatic rings. The van der Waals surface area contributed by atoms with E-state index in [0.717, 1.165) is 19.6 Å². The maximum Gasteiger partial charge on any atom is 0.0897 e. The number of ether oxygens (including phenoxy) is 2. The van der Waals surface area contributed by atoms with Crippen LogP contribution < -0.4 is 5.32 Å². The topological polar surface area (TPSA) is 54.0 Å². The van der Waals surface area contributed by atoms with Gasteiger partial charge in [0.1, 0.15) is 0 Å². The van der Waals surface area contributed by atoms with E-state index in [0.29, 0.717) is 26.4 Å². The first-order valence-electron chi connectivity index (χ1n) is 6.83. The zero-order valence-electron chi connectivity index (χ0n) is 12.3. The quantitative estimate of drug-likeness (QED) is 0.497. The normalized spacial score (nSPS) is 13.5. The van der Waals surface area contributed by atoms with Gasteiger partial charge in [-0.2, -0.15) is 0 Å². The summed E-state index contributed by atoms with van der Waals surface area (Å²) in [6.07, 6.45) is -0.216. The van der Waals surface area contributed by atoms with Crippen LogP contribution >= 0.6 is 0 Å². The van der Waals surface area contributed by atoms with Crippen molar-refractivity contribution in [3.8, 4) is 0 Å². The second kappa shape index (κ2) is 11.9. The number of hydrogen-bond donors (Lipinski definition) is 2. The van der Waals surface area contributed by atoms with Gasteiger partial charge in [-0.15, -0.1) is 0 Å². The SMILES string of the molecule is CCN(C)CCNCC(O)COCCOC(C)C. The van der Waals surface area contributed by atoms with Crippen molar-refractivity contribution < 1.29 is 14.6 Å². The molecule has 0 radical (unpaired) electrons. The first kappa shape index (κ1) is 17.8. The van der Waals surface area contributed by atoms with Gasteiger partial charge in [-0.05, 0) is 27.4 Å². The molecule has 0 aromatic carbocycles. The van der Waals surface area contributed by atoms with Gasteiger partial charge in [-0.1, -0.05) is 6.92 Å². The minimum absolute atomic E-state index is 0.232. The Morgan fingerprint density at radius 3 is 2.61 bits per heavy atom. The van der Waals surface area contributed by atoms with E-state index < -0.39 is 6.10 Å². The zero-order chi connectivity index (χ0) is 13.8. The third-order valence-corrected chi connectivity index (χ3v) is 2.58. The number of nitrogens with one attached hydrogen (secondary N) is 1. The average molecular weight is 262 g/mol. The van der Waals surface area contributed by atoms with Crippen LogP contribution in [0.25, 0.3) is 0 Å². The summed E-state index contributed by atoms with van der Waals surface area (Å²) in [6, 6.07) is 0. The van der Waals surface area contributed by atoms with E-state index in [1.165, 1.54) is 0 Å². The lowest BCUT2D eigenvalue weighted by Gasteiger charge is -2.16. The van der Waals surface area contributed by atoms with Crippen molar-refractivity contribution in [2.24, 2.45) is 0 Å².